The van der Waals surface area contributed by atoms with Crippen LogP contribution in [0.5, 0.6) is 0 Å². The number of nitrogens with one attached hydrogen (secondary N) is 1. The first kappa shape index (κ1) is 67.7. The van der Waals surface area contributed by atoms with Crippen LogP contribution in [0.15, 0.2) is 0 Å². The Labute approximate surface area is 425 Å². The van der Waals surface area contributed by atoms with Crippen LogP contribution < -0.4 is 51.2 Å². The molecule has 0 rings (SSSR count). The standard InChI is InChI=1S/C51H118N16O2/c1-51(2,3)69-50(68)60-28-6-4-5-7-29-67(48-46-65(42-16-38-61(30-8-20-52)31-9-21-53)43-17-39-62(32-10-22-54)33-11-23-55)49-47-66(44-18-40-63(34-12-24-56)35-13-25-57)45-19-41-64(36-14-26-58)37-15-27-59/h4-49,52-59H2,1-3H3,(H,60,68). The van der Waals surface area contributed by atoms with Crippen molar-refractivity contribution in [3.63, 3.8) is 0 Å². The molecular formula is C51H118N16O2. The second kappa shape index (κ2) is 48.9. The molecule has 0 atom stereocenters. The Bertz CT molecular complexity index is 936. The summed E-state index contributed by atoms with van der Waals surface area (Å²) < 4.78 is 5.45. The molecule has 0 radical (unpaired) electrons. The van der Waals surface area contributed by atoms with Crippen molar-refractivity contribution >= 4 is 6.09 Å². The third-order valence-corrected chi connectivity index (χ3v) is 12.8. The Kier molecular flexibility index (Phi) is 48.0. The van der Waals surface area contributed by atoms with Crippen molar-refractivity contribution in [2.45, 2.75) is 129 Å². The fourth-order valence-corrected chi connectivity index (χ4v) is 8.82. The molecule has 0 saturated carbocycles. The van der Waals surface area contributed by atoms with Crippen LogP contribution in [0.25, 0.3) is 0 Å². The summed E-state index contributed by atoms with van der Waals surface area (Å²) in [5, 5.41) is 2.94. The van der Waals surface area contributed by atoms with E-state index >= 15 is 0 Å². The maximum atomic E-state index is 12.2. The smallest absolute Gasteiger partial charge is 0.407 e. The molecule has 0 aliphatic rings. The number of rotatable bonds is 53. The van der Waals surface area contributed by atoms with Gasteiger partial charge in [-0.25, -0.2) is 4.79 Å². The number of amides is 1. The van der Waals surface area contributed by atoms with Gasteiger partial charge in [0.15, 0.2) is 0 Å². The summed E-state index contributed by atoms with van der Waals surface area (Å²) in [6.45, 7) is 34.2. The lowest BCUT2D eigenvalue weighted by molar-refractivity contribution is 0.0527. The average Bonchev–Trinajstić information content (AvgIpc) is 3.33. The lowest BCUT2D eigenvalue weighted by Gasteiger charge is -2.32. The monoisotopic (exact) mass is 987 g/mol. The molecule has 0 fully saturated rings. The Hall–Kier alpha value is -1.33. The topological polar surface area (TPSA) is 269 Å². The largest absolute Gasteiger partial charge is 0.444 e. The number of unbranched alkanes of at least 4 members (excludes halogenated alkanes) is 3. The molecule has 0 unspecified atom stereocenters. The summed E-state index contributed by atoms with van der Waals surface area (Å²) in [6, 6.07) is 0. The molecule has 0 aromatic rings. The van der Waals surface area contributed by atoms with E-state index in [1.807, 2.05) is 20.8 Å². The van der Waals surface area contributed by atoms with Crippen LogP contribution in [0.4, 0.5) is 4.79 Å². The number of nitrogens with zero attached hydrogens (tertiary/aromatic N) is 7. The lowest BCUT2D eigenvalue weighted by Crippen LogP contribution is -2.42. The predicted octanol–water partition coefficient (Wildman–Crippen LogP) is 1.54. The summed E-state index contributed by atoms with van der Waals surface area (Å²) >= 11 is 0. The minimum absolute atomic E-state index is 0.335. The van der Waals surface area contributed by atoms with E-state index in [0.717, 1.165) is 293 Å². The minimum atomic E-state index is -0.492. The highest BCUT2D eigenvalue weighted by Gasteiger charge is 2.17. The normalized spacial score (nSPS) is 12.4. The molecule has 69 heavy (non-hydrogen) atoms. The zero-order chi connectivity index (χ0) is 51.1. The first-order valence-corrected chi connectivity index (χ1v) is 28.1. The van der Waals surface area contributed by atoms with E-state index in [1.165, 1.54) is 0 Å². The number of carbonyl (C=O) groups is 1. The van der Waals surface area contributed by atoms with Gasteiger partial charge in [0.25, 0.3) is 0 Å². The summed E-state index contributed by atoms with van der Waals surface area (Å²) in [4.78, 5) is 30.7. The van der Waals surface area contributed by atoms with E-state index in [1.54, 1.807) is 0 Å². The Balaban J connectivity index is 6.24. The molecule has 17 N–H and O–H groups in total. The van der Waals surface area contributed by atoms with Crippen molar-refractivity contribution < 1.29 is 9.53 Å². The van der Waals surface area contributed by atoms with Gasteiger partial charge in [-0.3, -0.25) is 0 Å². The van der Waals surface area contributed by atoms with Crippen LogP contribution in [0, 0.1) is 0 Å². The number of hydrogen-bond acceptors (Lipinski definition) is 17. The van der Waals surface area contributed by atoms with Gasteiger partial charge >= 0.3 is 6.09 Å². The van der Waals surface area contributed by atoms with Gasteiger partial charge in [-0.1, -0.05) is 12.8 Å². The first-order chi connectivity index (χ1) is 33.5. The molecule has 0 aromatic carbocycles. The summed E-state index contributed by atoms with van der Waals surface area (Å²) in [7, 11) is 0. The van der Waals surface area contributed by atoms with E-state index in [4.69, 9.17) is 50.6 Å². The maximum Gasteiger partial charge on any atom is 0.407 e. The molecular weight excluding hydrogens is 869 g/mol. The van der Waals surface area contributed by atoms with E-state index in [2.05, 4.69) is 39.6 Å². The highest BCUT2D eigenvalue weighted by Crippen LogP contribution is 2.10. The molecule has 0 saturated heterocycles. The van der Waals surface area contributed by atoms with Gasteiger partial charge < -0.3 is 90.2 Å². The fourth-order valence-electron chi connectivity index (χ4n) is 8.82. The summed E-state index contributed by atoms with van der Waals surface area (Å²) in [6.07, 6.45) is 16.6. The SMILES string of the molecule is CC(C)(C)OC(=O)NCCCCCCN(CCN(CCCN(CCCN)CCCN)CCCN(CCCN)CCCN)CCN(CCCN(CCCN)CCCN)CCCN(CCCN)CCCN. The molecule has 0 bridgehead atoms. The molecule has 18 heteroatoms. The second-order valence-electron chi connectivity index (χ2n) is 20.3. The number of hydrogen-bond donors (Lipinski definition) is 9. The molecule has 0 heterocycles. The van der Waals surface area contributed by atoms with Crippen molar-refractivity contribution in [2.24, 2.45) is 45.9 Å². The zero-order valence-electron chi connectivity index (χ0n) is 45.6. The summed E-state index contributed by atoms with van der Waals surface area (Å²) in [5.41, 5.74) is 47.0. The van der Waals surface area contributed by atoms with Gasteiger partial charge in [-0.2, -0.15) is 0 Å². The molecule has 0 aliphatic heterocycles. The Morgan fingerprint density at radius 3 is 0.754 bits per heavy atom. The number of carbonyl (C=O) groups excluding carboxylic acids is 1. The fraction of sp³-hybridized carbons (Fsp3) is 0.980. The third-order valence-electron chi connectivity index (χ3n) is 12.8. The second-order valence-corrected chi connectivity index (χ2v) is 20.3. The Morgan fingerprint density at radius 2 is 0.507 bits per heavy atom. The number of alkyl carbamates (subject to hydrolysis) is 1. The van der Waals surface area contributed by atoms with Crippen molar-refractivity contribution in [1.29, 1.82) is 0 Å². The molecule has 0 spiro atoms. The van der Waals surface area contributed by atoms with E-state index in [9.17, 15) is 4.79 Å². The van der Waals surface area contributed by atoms with Crippen molar-refractivity contribution in [3.05, 3.63) is 0 Å². The maximum absolute atomic E-state index is 12.2. The molecule has 18 nitrogen and oxygen atoms in total. The van der Waals surface area contributed by atoms with Crippen LogP contribution in [-0.4, -0.2) is 242 Å². The van der Waals surface area contributed by atoms with E-state index in [0.29, 0.717) is 6.54 Å². The quantitative estimate of drug-likeness (QED) is 0.0391. The van der Waals surface area contributed by atoms with Gasteiger partial charge in [-0.05, 0) is 274 Å². The van der Waals surface area contributed by atoms with E-state index < -0.39 is 5.60 Å². The van der Waals surface area contributed by atoms with Crippen LogP contribution in [0.1, 0.15) is 124 Å². The molecule has 414 valence electrons. The third kappa shape index (κ3) is 43.9. The predicted molar refractivity (Wildman–Crippen MR) is 296 cm³/mol. The van der Waals surface area contributed by atoms with Crippen LogP contribution in [-0.2, 0) is 4.74 Å². The van der Waals surface area contributed by atoms with Crippen molar-refractivity contribution in [2.75, 3.05) is 196 Å². The number of nitrogens with two attached hydrogens (primary N) is 8. The minimum Gasteiger partial charge on any atom is -0.444 e. The first-order valence-electron chi connectivity index (χ1n) is 28.1. The van der Waals surface area contributed by atoms with Crippen molar-refractivity contribution in [3.8, 4) is 0 Å². The van der Waals surface area contributed by atoms with Gasteiger partial charge in [0.05, 0.1) is 0 Å². The zero-order valence-corrected chi connectivity index (χ0v) is 45.6. The van der Waals surface area contributed by atoms with Gasteiger partial charge in [0.2, 0.25) is 0 Å². The average molecular weight is 988 g/mol. The van der Waals surface area contributed by atoms with Crippen molar-refractivity contribution in [1.82, 2.24) is 39.6 Å². The molecule has 0 aliphatic carbocycles. The van der Waals surface area contributed by atoms with Gasteiger partial charge in [0, 0.05) is 32.7 Å². The van der Waals surface area contributed by atoms with Gasteiger partial charge in [0.1, 0.15) is 5.60 Å². The molecule has 0 aromatic heterocycles. The molecule has 1 amide bonds. The van der Waals surface area contributed by atoms with Crippen LogP contribution in [0.3, 0.4) is 0 Å². The Morgan fingerprint density at radius 1 is 0.304 bits per heavy atom. The number of ether oxygens (including phenoxy) is 1. The van der Waals surface area contributed by atoms with Gasteiger partial charge in [-0.15, -0.1) is 0 Å². The van der Waals surface area contributed by atoms with Crippen LogP contribution in [0.2, 0.25) is 0 Å². The highest BCUT2D eigenvalue weighted by atomic mass is 16.6. The lowest BCUT2D eigenvalue weighted by atomic mass is 10.2. The summed E-state index contributed by atoms with van der Waals surface area (Å²) in [5.74, 6) is 0. The van der Waals surface area contributed by atoms with E-state index in [-0.39, 0.29) is 6.09 Å². The highest BCUT2D eigenvalue weighted by molar-refractivity contribution is 5.67. The van der Waals surface area contributed by atoms with Crippen LogP contribution >= 0.6 is 0 Å².